The van der Waals surface area contributed by atoms with Crippen molar-refractivity contribution in [1.82, 2.24) is 0 Å². The van der Waals surface area contributed by atoms with Crippen LogP contribution in [0.4, 0.5) is 4.39 Å². The second-order valence-electron chi connectivity index (χ2n) is 2.70. The molecular weight excluding hydrogens is 269 g/mol. The molecule has 2 N–H and O–H groups in total. The third-order valence-corrected chi connectivity index (χ3v) is 2.46. The van der Waals surface area contributed by atoms with E-state index in [1.54, 1.807) is 0 Å². The van der Waals surface area contributed by atoms with Crippen LogP contribution < -0.4 is 15.4 Å². The molecule has 0 aliphatic heterocycles. The monoisotopic (exact) mass is 279 g/mol. The molecule has 15 heavy (non-hydrogen) atoms. The van der Waals surface area contributed by atoms with Crippen LogP contribution in [0.5, 0.6) is 11.5 Å². The highest BCUT2D eigenvalue weighted by molar-refractivity contribution is 9.10. The van der Waals surface area contributed by atoms with Crippen molar-refractivity contribution in [2.75, 3.05) is 14.2 Å². The third-order valence-electron chi connectivity index (χ3n) is 1.88. The molecule has 0 aliphatic rings. The largest absolute Gasteiger partial charge is 0.493 e. The predicted molar refractivity (Wildman–Crippen MR) is 56.2 cm³/mol. The smallest absolute Gasteiger partial charge is 0.169 e. The normalized spacial score (nSPS) is 10.2. The second-order valence-corrected chi connectivity index (χ2v) is 3.55. The molecule has 0 fully saturated rings. The fourth-order valence-corrected chi connectivity index (χ4v) is 1.67. The number of nitrogens with two attached hydrogens (primary N) is 1. The minimum atomic E-state index is -0.474. The highest BCUT2D eigenvalue weighted by Gasteiger charge is 2.18. The minimum absolute atomic E-state index is 0.0925. The van der Waals surface area contributed by atoms with Crippen LogP contribution in [0.3, 0.4) is 0 Å². The van der Waals surface area contributed by atoms with Crippen LogP contribution in [0.25, 0.3) is 0 Å². The third kappa shape index (κ3) is 2.39. The number of hydrogen-bond acceptors (Lipinski definition) is 4. The molecule has 0 saturated heterocycles. The average molecular weight is 280 g/mol. The lowest BCUT2D eigenvalue weighted by atomic mass is 10.2. The summed E-state index contributed by atoms with van der Waals surface area (Å²) in [6.07, 6.45) is 0. The van der Waals surface area contributed by atoms with Crippen molar-refractivity contribution in [3.63, 3.8) is 0 Å². The van der Waals surface area contributed by atoms with Crippen LogP contribution in [-0.2, 0) is 11.4 Å². The molecule has 0 saturated carbocycles. The molecule has 1 rings (SSSR count). The van der Waals surface area contributed by atoms with Gasteiger partial charge in [-0.15, -0.1) is 0 Å². The number of rotatable bonds is 4. The summed E-state index contributed by atoms with van der Waals surface area (Å²) in [5.74, 6) is 5.14. The summed E-state index contributed by atoms with van der Waals surface area (Å²) in [5, 5.41) is 0. The van der Waals surface area contributed by atoms with Crippen LogP contribution in [0.15, 0.2) is 10.5 Å². The van der Waals surface area contributed by atoms with Crippen molar-refractivity contribution in [3.8, 4) is 11.5 Å². The lowest BCUT2D eigenvalue weighted by molar-refractivity contribution is 0.118. The maximum atomic E-state index is 13.6. The number of methoxy groups -OCH3 is 2. The van der Waals surface area contributed by atoms with Gasteiger partial charge in [-0.2, -0.15) is 0 Å². The Kier molecular flexibility index (Phi) is 4.31. The van der Waals surface area contributed by atoms with Gasteiger partial charge in [0, 0.05) is 6.07 Å². The zero-order chi connectivity index (χ0) is 11.4. The van der Waals surface area contributed by atoms with Crippen LogP contribution >= 0.6 is 15.9 Å². The van der Waals surface area contributed by atoms with E-state index in [4.69, 9.17) is 15.4 Å². The van der Waals surface area contributed by atoms with E-state index in [0.29, 0.717) is 5.75 Å². The number of ether oxygens (including phenoxy) is 2. The first-order chi connectivity index (χ1) is 7.15. The van der Waals surface area contributed by atoms with E-state index in [-0.39, 0.29) is 22.4 Å². The highest BCUT2D eigenvalue weighted by Crippen LogP contribution is 2.37. The molecule has 0 aliphatic carbocycles. The zero-order valence-corrected chi connectivity index (χ0v) is 9.93. The molecule has 1 aromatic rings. The van der Waals surface area contributed by atoms with Crippen LogP contribution in [0, 0.1) is 5.82 Å². The van der Waals surface area contributed by atoms with Gasteiger partial charge in [-0.3, -0.25) is 4.84 Å². The van der Waals surface area contributed by atoms with Gasteiger partial charge in [0.1, 0.15) is 5.82 Å². The summed E-state index contributed by atoms with van der Waals surface area (Å²) in [6.45, 7) is -0.0925. The molecule has 4 nitrogen and oxygen atoms in total. The van der Waals surface area contributed by atoms with Gasteiger partial charge in [-0.05, 0) is 15.9 Å². The summed E-state index contributed by atoms with van der Waals surface area (Å²) in [7, 11) is 2.89. The first-order valence-electron chi connectivity index (χ1n) is 4.06. The van der Waals surface area contributed by atoms with Crippen LogP contribution in [0.1, 0.15) is 5.56 Å². The van der Waals surface area contributed by atoms with Gasteiger partial charge in [0.15, 0.2) is 11.5 Å². The Labute approximate surface area is 95.2 Å². The quantitative estimate of drug-likeness (QED) is 0.857. The van der Waals surface area contributed by atoms with E-state index in [0.717, 1.165) is 0 Å². The van der Waals surface area contributed by atoms with Gasteiger partial charge < -0.3 is 9.47 Å². The lowest BCUT2D eigenvalue weighted by Crippen LogP contribution is -2.05. The van der Waals surface area contributed by atoms with E-state index in [9.17, 15) is 4.39 Å². The average Bonchev–Trinajstić information content (AvgIpc) is 2.24. The van der Waals surface area contributed by atoms with E-state index in [1.807, 2.05) is 0 Å². The molecule has 0 atom stereocenters. The highest BCUT2D eigenvalue weighted by atomic mass is 79.9. The topological polar surface area (TPSA) is 53.7 Å². The Balaban J connectivity index is 3.35. The molecule has 0 unspecified atom stereocenters. The first-order valence-corrected chi connectivity index (χ1v) is 4.85. The van der Waals surface area contributed by atoms with Gasteiger partial charge in [-0.1, -0.05) is 0 Å². The Morgan fingerprint density at radius 2 is 2.07 bits per heavy atom. The molecule has 0 radical (unpaired) electrons. The summed E-state index contributed by atoms with van der Waals surface area (Å²) < 4.78 is 24.0. The van der Waals surface area contributed by atoms with Crippen molar-refractivity contribution in [2.24, 2.45) is 5.90 Å². The molecule has 1 aromatic carbocycles. The molecule has 84 valence electrons. The fraction of sp³-hybridized carbons (Fsp3) is 0.333. The Morgan fingerprint density at radius 3 is 2.53 bits per heavy atom. The molecule has 0 aromatic heterocycles. The number of benzene rings is 1. The van der Waals surface area contributed by atoms with Crippen molar-refractivity contribution in [3.05, 3.63) is 21.9 Å². The van der Waals surface area contributed by atoms with Crippen molar-refractivity contribution in [1.29, 1.82) is 0 Å². The maximum Gasteiger partial charge on any atom is 0.169 e. The molecule has 6 heteroatoms. The van der Waals surface area contributed by atoms with Gasteiger partial charge in [0.25, 0.3) is 0 Å². The molecule has 0 heterocycles. The Morgan fingerprint density at radius 1 is 1.40 bits per heavy atom. The van der Waals surface area contributed by atoms with Crippen molar-refractivity contribution in [2.45, 2.75) is 6.61 Å². The number of hydrogen-bond donors (Lipinski definition) is 1. The van der Waals surface area contributed by atoms with E-state index in [2.05, 4.69) is 20.8 Å². The van der Waals surface area contributed by atoms with E-state index >= 15 is 0 Å². The summed E-state index contributed by atoms with van der Waals surface area (Å²) >= 11 is 3.06. The van der Waals surface area contributed by atoms with Crippen LogP contribution in [0.2, 0.25) is 0 Å². The Bertz CT molecular complexity index is 360. The van der Waals surface area contributed by atoms with Gasteiger partial charge >= 0.3 is 0 Å². The van der Waals surface area contributed by atoms with E-state index < -0.39 is 5.82 Å². The first kappa shape index (κ1) is 12.2. The van der Waals surface area contributed by atoms with Crippen LogP contribution in [-0.4, -0.2) is 14.2 Å². The maximum absolute atomic E-state index is 13.6. The SMILES string of the molecule is COc1cc(Br)c(F)c(CON)c1OC. The van der Waals surface area contributed by atoms with Crippen molar-refractivity contribution < 1.29 is 18.7 Å². The minimum Gasteiger partial charge on any atom is -0.493 e. The lowest BCUT2D eigenvalue weighted by Gasteiger charge is -2.13. The summed E-state index contributed by atoms with van der Waals surface area (Å²) in [4.78, 5) is 4.41. The standard InChI is InChI=1S/C9H11BrFNO3/c1-13-7-3-6(10)8(11)5(4-15-12)9(7)14-2/h3H,4,12H2,1-2H3. The molecule has 0 spiro atoms. The number of halogens is 2. The summed E-state index contributed by atoms with van der Waals surface area (Å²) in [6, 6.07) is 1.48. The second kappa shape index (κ2) is 5.29. The summed E-state index contributed by atoms with van der Waals surface area (Å²) in [5.41, 5.74) is 0.214. The van der Waals surface area contributed by atoms with Crippen molar-refractivity contribution >= 4 is 15.9 Å². The molecule has 0 bridgehead atoms. The predicted octanol–water partition coefficient (Wildman–Crippen LogP) is 2.00. The molecule has 0 amide bonds. The van der Waals surface area contributed by atoms with E-state index in [1.165, 1.54) is 20.3 Å². The zero-order valence-electron chi connectivity index (χ0n) is 8.34. The fourth-order valence-electron chi connectivity index (χ4n) is 1.22. The van der Waals surface area contributed by atoms with Gasteiger partial charge in [0.05, 0.1) is 30.9 Å². The van der Waals surface area contributed by atoms with Gasteiger partial charge in [-0.25, -0.2) is 10.3 Å². The Hall–Kier alpha value is -0.850. The molecular formula is C9H11BrFNO3. The van der Waals surface area contributed by atoms with Gasteiger partial charge in [0.2, 0.25) is 0 Å².